The molecule has 1 N–H and O–H groups in total. The van der Waals surface area contributed by atoms with Crippen molar-refractivity contribution in [3.05, 3.63) is 64.2 Å². The molecule has 0 spiro atoms. The van der Waals surface area contributed by atoms with Gasteiger partial charge in [0.1, 0.15) is 5.82 Å². The second-order valence-corrected chi connectivity index (χ2v) is 8.06. The van der Waals surface area contributed by atoms with Crippen LogP contribution in [0.4, 0.5) is 10.1 Å². The Bertz CT molecular complexity index is 980. The third kappa shape index (κ3) is 3.47. The van der Waals surface area contributed by atoms with Crippen LogP contribution >= 0.6 is 11.3 Å². The molecule has 0 atom stereocenters. The lowest BCUT2D eigenvalue weighted by atomic mass is 10.1. The summed E-state index contributed by atoms with van der Waals surface area (Å²) in [6.07, 6.45) is 0. The third-order valence-corrected chi connectivity index (χ3v) is 5.79. The summed E-state index contributed by atoms with van der Waals surface area (Å²) in [5, 5.41) is 2.81. The van der Waals surface area contributed by atoms with Gasteiger partial charge in [-0.3, -0.25) is 4.72 Å². The smallest absolute Gasteiger partial charge is 0.262 e. The maximum Gasteiger partial charge on any atom is 0.262 e. The largest absolute Gasteiger partial charge is 0.280 e. The number of halogens is 1. The Hall–Kier alpha value is -2.25. The zero-order chi connectivity index (χ0) is 17.3. The average molecular weight is 362 g/mol. The molecule has 1 aromatic heterocycles. The minimum Gasteiger partial charge on any atom is -0.280 e. The monoisotopic (exact) mass is 362 g/mol. The lowest BCUT2D eigenvalue weighted by Crippen LogP contribution is -2.14. The first-order valence-electron chi connectivity index (χ1n) is 7.17. The molecule has 0 unspecified atom stereocenters. The van der Waals surface area contributed by atoms with E-state index < -0.39 is 15.8 Å². The summed E-state index contributed by atoms with van der Waals surface area (Å²) in [6.45, 7) is 3.63. The standard InChI is InChI=1S/C17H15FN2O2S2/c1-11-3-4-13(16-10-23-12(2)19-16)9-17(11)24(21,22)20-15-7-5-14(18)6-8-15/h3-10,20H,1-2H3. The van der Waals surface area contributed by atoms with Crippen LogP contribution in [0, 0.1) is 19.7 Å². The molecule has 24 heavy (non-hydrogen) atoms. The zero-order valence-corrected chi connectivity index (χ0v) is 14.7. The summed E-state index contributed by atoms with van der Waals surface area (Å²) in [7, 11) is -3.78. The molecule has 0 aliphatic heterocycles. The molecule has 4 nitrogen and oxygen atoms in total. The van der Waals surface area contributed by atoms with Crippen molar-refractivity contribution in [2.45, 2.75) is 18.7 Å². The molecular formula is C17H15FN2O2S2. The van der Waals surface area contributed by atoms with Crippen molar-refractivity contribution in [3.63, 3.8) is 0 Å². The van der Waals surface area contributed by atoms with Gasteiger partial charge < -0.3 is 0 Å². The molecular weight excluding hydrogens is 347 g/mol. The van der Waals surface area contributed by atoms with Crippen LogP contribution in [0.1, 0.15) is 10.6 Å². The van der Waals surface area contributed by atoms with E-state index in [1.54, 1.807) is 19.1 Å². The second kappa shape index (κ2) is 6.33. The van der Waals surface area contributed by atoms with Gasteiger partial charge in [0.25, 0.3) is 10.0 Å². The summed E-state index contributed by atoms with van der Waals surface area (Å²) in [4.78, 5) is 4.56. The molecule has 124 valence electrons. The fourth-order valence-corrected chi connectivity index (χ4v) is 4.23. The number of nitrogens with one attached hydrogen (secondary N) is 1. The minimum atomic E-state index is -3.78. The summed E-state index contributed by atoms with van der Waals surface area (Å²) in [6, 6.07) is 10.4. The van der Waals surface area contributed by atoms with E-state index >= 15 is 0 Å². The van der Waals surface area contributed by atoms with Crippen molar-refractivity contribution in [2.24, 2.45) is 0 Å². The van der Waals surface area contributed by atoms with Crippen LogP contribution in [0.3, 0.4) is 0 Å². The molecule has 7 heteroatoms. The number of aryl methyl sites for hydroxylation is 2. The summed E-state index contributed by atoms with van der Waals surface area (Å²) < 4.78 is 40.8. The van der Waals surface area contributed by atoms with Crippen molar-refractivity contribution in [2.75, 3.05) is 4.72 Å². The number of nitrogens with zero attached hydrogens (tertiary/aromatic N) is 1. The number of benzene rings is 2. The van der Waals surface area contributed by atoms with Crippen LogP contribution in [0.5, 0.6) is 0 Å². The quantitative estimate of drug-likeness (QED) is 0.750. The van der Waals surface area contributed by atoms with E-state index in [0.717, 1.165) is 16.3 Å². The molecule has 0 aliphatic carbocycles. The molecule has 0 bridgehead atoms. The highest BCUT2D eigenvalue weighted by molar-refractivity contribution is 7.92. The van der Waals surface area contributed by atoms with E-state index in [4.69, 9.17) is 0 Å². The van der Waals surface area contributed by atoms with Crippen LogP contribution < -0.4 is 4.72 Å². The molecule has 0 saturated carbocycles. The Kier molecular flexibility index (Phi) is 4.38. The highest BCUT2D eigenvalue weighted by atomic mass is 32.2. The molecule has 0 aliphatic rings. The molecule has 1 heterocycles. The fraction of sp³-hybridized carbons (Fsp3) is 0.118. The topological polar surface area (TPSA) is 59.1 Å². The SMILES string of the molecule is Cc1nc(-c2ccc(C)c(S(=O)(=O)Nc3ccc(F)cc3)c2)cs1. The normalized spacial score (nSPS) is 11.5. The van der Waals surface area contributed by atoms with E-state index in [1.807, 2.05) is 18.4 Å². The number of thiazole rings is 1. The summed E-state index contributed by atoms with van der Waals surface area (Å²) in [5.41, 5.74) is 2.42. The van der Waals surface area contributed by atoms with Gasteiger partial charge >= 0.3 is 0 Å². The van der Waals surface area contributed by atoms with Crippen LogP contribution in [0.2, 0.25) is 0 Å². The maximum absolute atomic E-state index is 13.0. The van der Waals surface area contributed by atoms with E-state index in [9.17, 15) is 12.8 Å². The van der Waals surface area contributed by atoms with Gasteiger partial charge in [-0.1, -0.05) is 12.1 Å². The van der Waals surface area contributed by atoms with Gasteiger partial charge in [0.2, 0.25) is 0 Å². The van der Waals surface area contributed by atoms with Gasteiger partial charge in [0.05, 0.1) is 15.6 Å². The molecule has 0 saturated heterocycles. The van der Waals surface area contributed by atoms with Crippen molar-refractivity contribution >= 4 is 27.0 Å². The second-order valence-electron chi connectivity index (χ2n) is 5.34. The van der Waals surface area contributed by atoms with E-state index in [-0.39, 0.29) is 4.90 Å². The van der Waals surface area contributed by atoms with Crippen molar-refractivity contribution < 1.29 is 12.8 Å². The average Bonchev–Trinajstić information content (AvgIpc) is 2.96. The predicted molar refractivity (Wildman–Crippen MR) is 94.2 cm³/mol. The molecule has 3 rings (SSSR count). The number of hydrogen-bond donors (Lipinski definition) is 1. The lowest BCUT2D eigenvalue weighted by Gasteiger charge is -2.11. The Morgan fingerprint density at radius 3 is 2.42 bits per heavy atom. The van der Waals surface area contributed by atoms with Gasteiger partial charge in [-0.15, -0.1) is 11.3 Å². The van der Waals surface area contributed by atoms with E-state index in [2.05, 4.69) is 9.71 Å². The highest BCUT2D eigenvalue weighted by Crippen LogP contribution is 2.27. The molecule has 3 aromatic rings. The van der Waals surface area contributed by atoms with Crippen molar-refractivity contribution in [3.8, 4) is 11.3 Å². The number of hydrogen-bond acceptors (Lipinski definition) is 4. The highest BCUT2D eigenvalue weighted by Gasteiger charge is 2.18. The van der Waals surface area contributed by atoms with Crippen molar-refractivity contribution in [1.82, 2.24) is 4.98 Å². The van der Waals surface area contributed by atoms with E-state index in [0.29, 0.717) is 11.3 Å². The Morgan fingerprint density at radius 2 is 1.79 bits per heavy atom. The predicted octanol–water partition coefficient (Wildman–Crippen LogP) is 4.37. The fourth-order valence-electron chi connectivity index (χ4n) is 2.27. The lowest BCUT2D eigenvalue weighted by molar-refractivity contribution is 0.600. The first kappa shape index (κ1) is 16.6. The molecule has 0 radical (unpaired) electrons. The van der Waals surface area contributed by atoms with Gasteiger partial charge in [0, 0.05) is 16.6 Å². The Balaban J connectivity index is 1.99. The van der Waals surface area contributed by atoms with Crippen molar-refractivity contribution in [1.29, 1.82) is 0 Å². The molecule has 0 fully saturated rings. The number of anilines is 1. The third-order valence-electron chi connectivity index (χ3n) is 3.49. The Morgan fingerprint density at radius 1 is 1.08 bits per heavy atom. The number of rotatable bonds is 4. The van der Waals surface area contributed by atoms with Gasteiger partial charge in [0.15, 0.2) is 0 Å². The zero-order valence-electron chi connectivity index (χ0n) is 13.1. The van der Waals surface area contributed by atoms with Gasteiger partial charge in [-0.05, 0) is 49.7 Å². The maximum atomic E-state index is 13.0. The van der Waals surface area contributed by atoms with Crippen LogP contribution in [-0.2, 0) is 10.0 Å². The first-order chi connectivity index (χ1) is 11.3. The van der Waals surface area contributed by atoms with Crippen LogP contribution in [-0.4, -0.2) is 13.4 Å². The van der Waals surface area contributed by atoms with Crippen LogP contribution in [0.15, 0.2) is 52.7 Å². The minimum absolute atomic E-state index is 0.176. The molecule has 2 aromatic carbocycles. The first-order valence-corrected chi connectivity index (χ1v) is 9.53. The number of aromatic nitrogens is 1. The van der Waals surface area contributed by atoms with Gasteiger partial charge in [-0.2, -0.15) is 0 Å². The molecule has 0 amide bonds. The Labute approximate surface area is 144 Å². The van der Waals surface area contributed by atoms with E-state index in [1.165, 1.54) is 35.6 Å². The van der Waals surface area contributed by atoms with Crippen LogP contribution in [0.25, 0.3) is 11.3 Å². The summed E-state index contributed by atoms with van der Waals surface area (Å²) >= 11 is 1.51. The number of sulfonamides is 1. The van der Waals surface area contributed by atoms with Gasteiger partial charge in [-0.25, -0.2) is 17.8 Å². The summed E-state index contributed by atoms with van der Waals surface area (Å²) in [5.74, 6) is -0.421.